The molecule has 12 nitrogen and oxygen atoms in total. The summed E-state index contributed by atoms with van der Waals surface area (Å²) in [6.45, 7) is 2.72. The highest BCUT2D eigenvalue weighted by atomic mass is 32.2. The summed E-state index contributed by atoms with van der Waals surface area (Å²) >= 11 is 0. The van der Waals surface area contributed by atoms with Crippen molar-refractivity contribution in [2.45, 2.75) is 43.3 Å². The first-order valence-corrected chi connectivity index (χ1v) is 14.9. The normalized spacial score (nSPS) is 19.8. The summed E-state index contributed by atoms with van der Waals surface area (Å²) in [6.07, 6.45) is -4.81. The van der Waals surface area contributed by atoms with Crippen LogP contribution >= 0.6 is 0 Å². The summed E-state index contributed by atoms with van der Waals surface area (Å²) in [4.78, 5) is 53.0. The molecular weight excluding hydrogens is 592 g/mol. The van der Waals surface area contributed by atoms with E-state index in [0.717, 1.165) is 10.1 Å². The molecular formula is C31H28N2O10S. The zero-order chi connectivity index (χ0) is 31.4. The average molecular weight is 621 g/mol. The monoisotopic (exact) mass is 620 g/mol. The van der Waals surface area contributed by atoms with Crippen molar-refractivity contribution >= 4 is 22.1 Å². The number of nitrogens with zero attached hydrogens (tertiary/aromatic N) is 1. The van der Waals surface area contributed by atoms with Gasteiger partial charge in [0, 0.05) is 11.8 Å². The largest absolute Gasteiger partial charge is 0.459 e. The Morgan fingerprint density at radius 2 is 1.43 bits per heavy atom. The first kappa shape index (κ1) is 30.6. The SMILES string of the molecule is Cc1ccc(S(=O)(=O)O[C@@H]2[C@@H](OC(=O)c3ccccc3)[C@@H](COC(=O)c3ccccc3)O[C@H]2n2cc(C)c(=O)[nH]c2=O)cc1. The van der Waals surface area contributed by atoms with Gasteiger partial charge in [0.2, 0.25) is 0 Å². The maximum atomic E-state index is 13.5. The molecule has 0 aliphatic carbocycles. The third kappa shape index (κ3) is 6.70. The lowest BCUT2D eigenvalue weighted by Gasteiger charge is -2.24. The summed E-state index contributed by atoms with van der Waals surface area (Å²) in [7, 11) is -4.53. The maximum Gasteiger partial charge on any atom is 0.338 e. The predicted octanol–water partition coefficient (Wildman–Crippen LogP) is 2.91. The molecule has 1 N–H and O–H groups in total. The van der Waals surface area contributed by atoms with Gasteiger partial charge in [-0.1, -0.05) is 54.1 Å². The number of carbonyl (C=O) groups excluding carboxylic acids is 2. The van der Waals surface area contributed by atoms with Crippen LogP contribution < -0.4 is 11.2 Å². The number of aromatic amines is 1. The number of aryl methyl sites for hydroxylation is 2. The van der Waals surface area contributed by atoms with Crippen molar-refractivity contribution in [1.82, 2.24) is 9.55 Å². The molecule has 1 aliphatic heterocycles. The summed E-state index contributed by atoms with van der Waals surface area (Å²) in [5.74, 6) is -1.56. The second kappa shape index (κ2) is 12.8. The Bertz CT molecular complexity index is 1870. The van der Waals surface area contributed by atoms with E-state index in [0.29, 0.717) is 0 Å². The van der Waals surface area contributed by atoms with Gasteiger partial charge in [-0.05, 0) is 50.2 Å². The molecule has 2 heterocycles. The van der Waals surface area contributed by atoms with Crippen LogP contribution in [0, 0.1) is 13.8 Å². The molecule has 3 aromatic carbocycles. The lowest BCUT2D eigenvalue weighted by atomic mass is 10.1. The smallest absolute Gasteiger partial charge is 0.338 e. The second-order valence-corrected chi connectivity index (χ2v) is 11.6. The first-order valence-electron chi connectivity index (χ1n) is 13.5. The molecule has 0 saturated carbocycles. The van der Waals surface area contributed by atoms with Crippen LogP contribution in [-0.2, 0) is 28.5 Å². The van der Waals surface area contributed by atoms with Gasteiger partial charge in [0.1, 0.15) is 12.7 Å². The molecule has 44 heavy (non-hydrogen) atoms. The molecule has 1 saturated heterocycles. The Labute approximate surface area is 251 Å². The molecule has 0 bridgehead atoms. The van der Waals surface area contributed by atoms with Crippen molar-refractivity contribution in [3.05, 3.63) is 134 Å². The van der Waals surface area contributed by atoms with Gasteiger partial charge in [-0.2, -0.15) is 8.42 Å². The standard InChI is InChI=1S/C31H28N2O10S/c1-19-13-15-23(16-14-19)44(38,39)43-26-25(42-30(36)22-11-7-4-8-12-22)24(18-40-29(35)21-9-5-3-6-10-21)41-28(26)33-17-20(2)27(34)32-31(33)37/h3-17,24-26,28H,18H2,1-2H3,(H,32,34,37)/t24-,25+,26-,28-/m1/s1. The van der Waals surface area contributed by atoms with Crippen LogP contribution in [0.2, 0.25) is 0 Å². The van der Waals surface area contributed by atoms with E-state index in [9.17, 15) is 27.6 Å². The first-order chi connectivity index (χ1) is 21.0. The van der Waals surface area contributed by atoms with E-state index in [1.165, 1.54) is 49.5 Å². The van der Waals surface area contributed by atoms with Crippen LogP contribution in [0.15, 0.2) is 106 Å². The number of ether oxygens (including phenoxy) is 3. The van der Waals surface area contributed by atoms with Gasteiger partial charge >= 0.3 is 17.6 Å². The molecule has 0 unspecified atom stereocenters. The van der Waals surface area contributed by atoms with E-state index in [1.807, 2.05) is 0 Å². The fourth-order valence-electron chi connectivity index (χ4n) is 4.57. The fourth-order valence-corrected chi connectivity index (χ4v) is 5.65. The van der Waals surface area contributed by atoms with E-state index in [-0.39, 0.29) is 21.6 Å². The topological polar surface area (TPSA) is 160 Å². The van der Waals surface area contributed by atoms with Crippen molar-refractivity contribution < 1.29 is 36.4 Å². The molecule has 5 rings (SSSR count). The van der Waals surface area contributed by atoms with Gasteiger partial charge < -0.3 is 14.2 Å². The average Bonchev–Trinajstić information content (AvgIpc) is 3.34. The minimum absolute atomic E-state index is 0.116. The zero-order valence-corrected chi connectivity index (χ0v) is 24.4. The highest BCUT2D eigenvalue weighted by Gasteiger charge is 2.52. The molecule has 228 valence electrons. The van der Waals surface area contributed by atoms with E-state index in [1.54, 1.807) is 55.5 Å². The fraction of sp³-hybridized carbons (Fsp3) is 0.226. The van der Waals surface area contributed by atoms with E-state index < -0.39 is 64.5 Å². The number of hydrogen-bond donors (Lipinski definition) is 1. The highest BCUT2D eigenvalue weighted by molar-refractivity contribution is 7.86. The van der Waals surface area contributed by atoms with E-state index in [2.05, 4.69) is 4.98 Å². The maximum absolute atomic E-state index is 13.5. The van der Waals surface area contributed by atoms with Crippen LogP contribution in [0.3, 0.4) is 0 Å². The molecule has 0 radical (unpaired) electrons. The summed E-state index contributed by atoms with van der Waals surface area (Å²) in [5.41, 5.74) is -0.284. The van der Waals surface area contributed by atoms with Gasteiger partial charge in [-0.15, -0.1) is 0 Å². The van der Waals surface area contributed by atoms with Crippen molar-refractivity contribution in [2.75, 3.05) is 6.61 Å². The number of carbonyl (C=O) groups is 2. The van der Waals surface area contributed by atoms with E-state index >= 15 is 0 Å². The summed E-state index contributed by atoms with van der Waals surface area (Å²) < 4.78 is 50.9. The molecule has 1 fully saturated rings. The minimum Gasteiger partial charge on any atom is -0.459 e. The number of aromatic nitrogens is 2. The predicted molar refractivity (Wildman–Crippen MR) is 156 cm³/mol. The molecule has 0 amide bonds. The quantitative estimate of drug-likeness (QED) is 0.218. The molecule has 0 spiro atoms. The Morgan fingerprint density at radius 1 is 0.841 bits per heavy atom. The molecule has 4 atom stereocenters. The molecule has 13 heteroatoms. The second-order valence-electron chi connectivity index (χ2n) is 10.1. The molecule has 1 aliphatic rings. The number of hydrogen-bond acceptors (Lipinski definition) is 10. The van der Waals surface area contributed by atoms with Gasteiger partial charge in [0.25, 0.3) is 15.7 Å². The van der Waals surface area contributed by atoms with Gasteiger partial charge in [0.05, 0.1) is 16.0 Å². The van der Waals surface area contributed by atoms with Crippen molar-refractivity contribution in [3.8, 4) is 0 Å². The van der Waals surface area contributed by atoms with Crippen LogP contribution in [0.4, 0.5) is 0 Å². The summed E-state index contributed by atoms with van der Waals surface area (Å²) in [6, 6.07) is 21.8. The summed E-state index contributed by atoms with van der Waals surface area (Å²) in [5, 5.41) is 0. The Hall–Kier alpha value is -4.85. The Morgan fingerprint density at radius 3 is 2.05 bits per heavy atom. The number of H-pyrrole nitrogens is 1. The number of benzene rings is 3. The lowest BCUT2D eigenvalue weighted by molar-refractivity contribution is -0.0602. The zero-order valence-electron chi connectivity index (χ0n) is 23.6. The van der Waals surface area contributed by atoms with Crippen molar-refractivity contribution in [3.63, 3.8) is 0 Å². The van der Waals surface area contributed by atoms with Crippen LogP contribution in [0.5, 0.6) is 0 Å². The Kier molecular flexibility index (Phi) is 8.90. The highest BCUT2D eigenvalue weighted by Crippen LogP contribution is 2.36. The third-order valence-electron chi connectivity index (χ3n) is 6.89. The van der Waals surface area contributed by atoms with E-state index in [4.69, 9.17) is 18.4 Å². The molecule has 4 aromatic rings. The number of nitrogens with one attached hydrogen (secondary N) is 1. The lowest BCUT2D eigenvalue weighted by Crippen LogP contribution is -2.43. The number of esters is 2. The third-order valence-corrected chi connectivity index (χ3v) is 8.22. The molecule has 1 aromatic heterocycles. The van der Waals surface area contributed by atoms with Crippen molar-refractivity contribution in [2.24, 2.45) is 0 Å². The van der Waals surface area contributed by atoms with Crippen LogP contribution in [0.1, 0.15) is 38.1 Å². The van der Waals surface area contributed by atoms with Gasteiger partial charge in [0.15, 0.2) is 18.4 Å². The van der Waals surface area contributed by atoms with Gasteiger partial charge in [-0.3, -0.25) is 18.5 Å². The van der Waals surface area contributed by atoms with Crippen LogP contribution in [0.25, 0.3) is 0 Å². The number of rotatable bonds is 9. The van der Waals surface area contributed by atoms with Crippen LogP contribution in [-0.4, -0.2) is 54.8 Å². The minimum atomic E-state index is -4.53. The van der Waals surface area contributed by atoms with Crippen molar-refractivity contribution in [1.29, 1.82) is 0 Å². The van der Waals surface area contributed by atoms with Gasteiger partial charge in [-0.25, -0.2) is 14.4 Å². The Balaban J connectivity index is 1.56.